The number of aryl methyl sites for hydroxylation is 2. The standard InChI is InChI=1S/C22H23BN4O4/c1-14-11-19-24-15(2)12-20(28)27(19)25-21(14)26-7-5-22(23,6-8-26)31-16-3-4-17-18(13-16)30-10-9-29-17/h3-4,11-13H,5-10H2,1-2H3. The maximum absolute atomic E-state index is 12.3. The summed E-state index contributed by atoms with van der Waals surface area (Å²) in [6.45, 7) is 6.18. The van der Waals surface area contributed by atoms with E-state index in [0.29, 0.717) is 62.0 Å². The van der Waals surface area contributed by atoms with Crippen LogP contribution in [0.25, 0.3) is 5.65 Å². The molecule has 9 heteroatoms. The largest absolute Gasteiger partial charge is 0.497 e. The van der Waals surface area contributed by atoms with Gasteiger partial charge in [0, 0.05) is 30.9 Å². The molecular weight excluding hydrogens is 395 g/mol. The van der Waals surface area contributed by atoms with Crippen molar-refractivity contribution in [2.75, 3.05) is 31.2 Å². The zero-order valence-electron chi connectivity index (χ0n) is 17.6. The minimum absolute atomic E-state index is 0.184. The van der Waals surface area contributed by atoms with Crippen LogP contribution in [0.5, 0.6) is 17.2 Å². The fraction of sp³-hybridized carbons (Fsp3) is 0.409. The molecule has 0 N–H and O–H groups in total. The minimum Gasteiger partial charge on any atom is -0.497 e. The van der Waals surface area contributed by atoms with Gasteiger partial charge in [-0.3, -0.25) is 4.79 Å². The number of rotatable bonds is 3. The smallest absolute Gasteiger partial charge is 0.274 e. The van der Waals surface area contributed by atoms with Crippen molar-refractivity contribution < 1.29 is 14.2 Å². The van der Waals surface area contributed by atoms with E-state index in [1.54, 1.807) is 6.92 Å². The third-order valence-corrected chi connectivity index (χ3v) is 5.69. The van der Waals surface area contributed by atoms with Crippen LogP contribution in [-0.4, -0.2) is 54.2 Å². The van der Waals surface area contributed by atoms with Crippen molar-refractivity contribution in [1.29, 1.82) is 0 Å². The van der Waals surface area contributed by atoms with Crippen molar-refractivity contribution in [1.82, 2.24) is 14.6 Å². The molecule has 5 rings (SSSR count). The highest BCUT2D eigenvalue weighted by atomic mass is 16.6. The van der Waals surface area contributed by atoms with Crippen LogP contribution in [0.1, 0.15) is 24.1 Å². The highest BCUT2D eigenvalue weighted by molar-refractivity contribution is 6.14. The van der Waals surface area contributed by atoms with Crippen molar-refractivity contribution in [2.24, 2.45) is 0 Å². The van der Waals surface area contributed by atoms with Gasteiger partial charge in [0.05, 0.1) is 5.50 Å². The Morgan fingerprint density at radius 1 is 1.06 bits per heavy atom. The van der Waals surface area contributed by atoms with E-state index in [-0.39, 0.29) is 5.56 Å². The van der Waals surface area contributed by atoms with Gasteiger partial charge in [-0.2, -0.15) is 4.52 Å². The van der Waals surface area contributed by atoms with Crippen LogP contribution in [-0.2, 0) is 0 Å². The summed E-state index contributed by atoms with van der Waals surface area (Å²) in [7, 11) is 6.57. The van der Waals surface area contributed by atoms with Crippen LogP contribution >= 0.6 is 0 Å². The zero-order chi connectivity index (χ0) is 21.6. The van der Waals surface area contributed by atoms with Crippen LogP contribution in [0, 0.1) is 13.8 Å². The lowest BCUT2D eigenvalue weighted by molar-refractivity contribution is 0.124. The van der Waals surface area contributed by atoms with Crippen molar-refractivity contribution in [3.8, 4) is 17.2 Å². The van der Waals surface area contributed by atoms with Gasteiger partial charge in [0.25, 0.3) is 5.56 Å². The predicted octanol–water partition coefficient (Wildman–Crippen LogP) is 2.02. The first-order valence-corrected chi connectivity index (χ1v) is 10.4. The number of benzene rings is 1. The Kier molecular flexibility index (Phi) is 4.76. The van der Waals surface area contributed by atoms with Gasteiger partial charge < -0.3 is 19.1 Å². The summed E-state index contributed by atoms with van der Waals surface area (Å²) in [5, 5.41) is 4.57. The molecule has 2 radical (unpaired) electrons. The highest BCUT2D eigenvalue weighted by Gasteiger charge is 2.33. The SMILES string of the molecule is [B]C1(Oc2ccc3c(c2)OCCO3)CCN(c2nn3c(=O)cc(C)nc3cc2C)CC1. The van der Waals surface area contributed by atoms with Gasteiger partial charge in [-0.05, 0) is 50.5 Å². The molecule has 0 amide bonds. The zero-order valence-corrected chi connectivity index (χ0v) is 17.6. The Balaban J connectivity index is 1.33. The summed E-state index contributed by atoms with van der Waals surface area (Å²) in [4.78, 5) is 18.9. The molecule has 2 aliphatic heterocycles. The monoisotopic (exact) mass is 418 g/mol. The first-order chi connectivity index (χ1) is 14.9. The Labute approximate surface area is 181 Å². The summed E-state index contributed by atoms with van der Waals surface area (Å²) >= 11 is 0. The van der Waals surface area contributed by atoms with Crippen LogP contribution in [0.15, 0.2) is 35.1 Å². The van der Waals surface area contributed by atoms with Gasteiger partial charge in [0.15, 0.2) is 23.0 Å². The van der Waals surface area contributed by atoms with Crippen LogP contribution < -0.4 is 24.7 Å². The maximum atomic E-state index is 12.3. The van der Waals surface area contributed by atoms with E-state index in [0.717, 1.165) is 17.1 Å². The summed E-state index contributed by atoms with van der Waals surface area (Å²) in [5.74, 6) is 2.82. The molecule has 0 bridgehead atoms. The van der Waals surface area contributed by atoms with E-state index in [1.807, 2.05) is 31.2 Å². The molecule has 0 spiro atoms. The maximum Gasteiger partial charge on any atom is 0.274 e. The third-order valence-electron chi connectivity index (χ3n) is 5.69. The number of anilines is 1. The Hall–Kier alpha value is -3.23. The fourth-order valence-electron chi connectivity index (χ4n) is 4.07. The van der Waals surface area contributed by atoms with E-state index in [4.69, 9.17) is 22.1 Å². The first-order valence-electron chi connectivity index (χ1n) is 10.4. The second-order valence-corrected chi connectivity index (χ2v) is 8.12. The number of nitrogens with zero attached hydrogens (tertiary/aromatic N) is 4. The summed E-state index contributed by atoms with van der Waals surface area (Å²) in [6.07, 6.45) is 1.23. The Bertz CT molecular complexity index is 1200. The molecule has 1 fully saturated rings. The molecule has 2 aliphatic rings. The van der Waals surface area contributed by atoms with Gasteiger partial charge in [0.2, 0.25) is 0 Å². The number of piperidine rings is 1. The van der Waals surface area contributed by atoms with E-state index in [2.05, 4.69) is 15.0 Å². The summed E-state index contributed by atoms with van der Waals surface area (Å²) in [6, 6.07) is 8.91. The first kappa shape index (κ1) is 19.7. The number of fused-ring (bicyclic) bond motifs is 2. The van der Waals surface area contributed by atoms with Crippen LogP contribution in [0.2, 0.25) is 0 Å². The van der Waals surface area contributed by atoms with Gasteiger partial charge >= 0.3 is 0 Å². The molecule has 158 valence electrons. The molecule has 1 aromatic carbocycles. The van der Waals surface area contributed by atoms with Gasteiger partial charge in [0.1, 0.15) is 26.8 Å². The van der Waals surface area contributed by atoms with E-state index in [1.165, 1.54) is 10.6 Å². The number of ether oxygens (including phenoxy) is 3. The molecule has 31 heavy (non-hydrogen) atoms. The Morgan fingerprint density at radius 2 is 1.81 bits per heavy atom. The molecule has 8 nitrogen and oxygen atoms in total. The summed E-state index contributed by atoms with van der Waals surface area (Å²) < 4.78 is 18.7. The van der Waals surface area contributed by atoms with E-state index in [9.17, 15) is 4.79 Å². The van der Waals surface area contributed by atoms with Crippen LogP contribution in [0.3, 0.4) is 0 Å². The topological polar surface area (TPSA) is 78.2 Å². The second kappa shape index (κ2) is 7.48. The number of hydrogen-bond acceptors (Lipinski definition) is 7. The van der Waals surface area contributed by atoms with Crippen molar-refractivity contribution in [2.45, 2.75) is 32.2 Å². The highest BCUT2D eigenvalue weighted by Crippen LogP contribution is 2.36. The minimum atomic E-state index is -0.791. The summed E-state index contributed by atoms with van der Waals surface area (Å²) in [5.41, 5.74) is 1.23. The molecule has 3 aromatic rings. The average Bonchev–Trinajstić information content (AvgIpc) is 2.74. The molecule has 4 heterocycles. The normalized spacial score (nSPS) is 17.5. The molecule has 2 aromatic heterocycles. The number of aromatic nitrogens is 3. The van der Waals surface area contributed by atoms with Crippen LogP contribution in [0.4, 0.5) is 5.82 Å². The number of hydrogen-bond donors (Lipinski definition) is 0. The lowest BCUT2D eigenvalue weighted by Gasteiger charge is -2.41. The molecule has 0 atom stereocenters. The lowest BCUT2D eigenvalue weighted by atomic mass is 9.73. The fourth-order valence-corrected chi connectivity index (χ4v) is 4.07. The van der Waals surface area contributed by atoms with Crippen molar-refractivity contribution in [3.05, 3.63) is 51.9 Å². The van der Waals surface area contributed by atoms with Gasteiger partial charge in [-0.15, -0.1) is 5.10 Å². The molecule has 0 aliphatic carbocycles. The van der Waals surface area contributed by atoms with E-state index >= 15 is 0 Å². The third kappa shape index (κ3) is 3.80. The molecule has 0 saturated carbocycles. The molecular formula is C22H23BN4O4. The van der Waals surface area contributed by atoms with Gasteiger partial charge in [-0.1, -0.05) is 0 Å². The Morgan fingerprint density at radius 3 is 2.58 bits per heavy atom. The predicted molar refractivity (Wildman–Crippen MR) is 117 cm³/mol. The van der Waals surface area contributed by atoms with Gasteiger partial charge in [-0.25, -0.2) is 4.98 Å². The quantitative estimate of drug-likeness (QED) is 0.603. The van der Waals surface area contributed by atoms with Crippen molar-refractivity contribution >= 4 is 19.3 Å². The molecule has 1 saturated heterocycles. The van der Waals surface area contributed by atoms with Crippen molar-refractivity contribution in [3.63, 3.8) is 0 Å². The van der Waals surface area contributed by atoms with E-state index < -0.39 is 5.50 Å². The molecule has 0 unspecified atom stereocenters. The lowest BCUT2D eigenvalue weighted by Crippen LogP contribution is -2.49. The average molecular weight is 418 g/mol. The second-order valence-electron chi connectivity index (χ2n) is 8.12.